The van der Waals surface area contributed by atoms with Crippen LogP contribution in [0.5, 0.6) is 0 Å². The van der Waals surface area contributed by atoms with E-state index in [9.17, 15) is 0 Å². The van der Waals surface area contributed by atoms with Gasteiger partial charge in [-0.15, -0.1) is 0 Å². The minimum atomic E-state index is -0.0684. The molecule has 1 aliphatic carbocycles. The van der Waals surface area contributed by atoms with Crippen LogP contribution in [0.3, 0.4) is 0 Å². The zero-order valence-corrected chi connectivity index (χ0v) is 12.9. The molecule has 3 heteroatoms. The van der Waals surface area contributed by atoms with Crippen molar-refractivity contribution >= 4 is 10.8 Å². The minimum absolute atomic E-state index is 0.0684. The van der Waals surface area contributed by atoms with Gasteiger partial charge in [0.05, 0.1) is 11.6 Å². The predicted molar refractivity (Wildman–Crippen MR) is 86.4 cm³/mol. The van der Waals surface area contributed by atoms with Crippen LogP contribution in [0.4, 0.5) is 0 Å². The van der Waals surface area contributed by atoms with Crippen molar-refractivity contribution in [2.45, 2.75) is 44.2 Å². The first-order valence-electron chi connectivity index (χ1n) is 7.94. The molecule has 0 aliphatic heterocycles. The van der Waals surface area contributed by atoms with Crippen molar-refractivity contribution in [3.05, 3.63) is 42.2 Å². The highest BCUT2D eigenvalue weighted by molar-refractivity contribution is 5.85. The molecule has 0 saturated heterocycles. The van der Waals surface area contributed by atoms with Crippen LogP contribution in [-0.4, -0.2) is 24.2 Å². The lowest BCUT2D eigenvalue weighted by Crippen LogP contribution is -2.43. The lowest BCUT2D eigenvalue weighted by Gasteiger charge is -2.38. The monoisotopic (exact) mass is 284 g/mol. The Balaban J connectivity index is 2.09. The van der Waals surface area contributed by atoms with Crippen LogP contribution in [0.15, 0.2) is 36.7 Å². The fraction of sp³-hybridized carbons (Fsp3) is 0.500. The van der Waals surface area contributed by atoms with Crippen LogP contribution in [0.25, 0.3) is 10.8 Å². The number of aromatic nitrogens is 1. The number of nitrogens with zero attached hydrogens (tertiary/aromatic N) is 1. The van der Waals surface area contributed by atoms with E-state index in [1.54, 1.807) is 0 Å². The third kappa shape index (κ3) is 2.56. The Hall–Kier alpha value is -1.45. The lowest BCUT2D eigenvalue weighted by molar-refractivity contribution is -0.0607. The molecule has 1 aromatic heterocycles. The Bertz CT molecular complexity index is 600. The molecule has 1 atom stereocenters. The van der Waals surface area contributed by atoms with Gasteiger partial charge in [-0.3, -0.25) is 4.98 Å². The normalized spacial score (nSPS) is 19.0. The van der Waals surface area contributed by atoms with Gasteiger partial charge in [0, 0.05) is 24.4 Å². The SMILES string of the molecule is CCOC1(C(NC)c2cccc3cnccc23)CCCC1. The zero-order chi connectivity index (χ0) is 14.7. The van der Waals surface area contributed by atoms with E-state index in [2.05, 4.69) is 41.5 Å². The highest BCUT2D eigenvalue weighted by Gasteiger charge is 2.42. The quantitative estimate of drug-likeness (QED) is 0.905. The molecule has 0 radical (unpaired) electrons. The van der Waals surface area contributed by atoms with Crippen molar-refractivity contribution in [3.8, 4) is 0 Å². The summed E-state index contributed by atoms with van der Waals surface area (Å²) in [6.07, 6.45) is 8.59. The highest BCUT2D eigenvalue weighted by Crippen LogP contribution is 2.44. The second-order valence-electron chi connectivity index (χ2n) is 5.87. The number of ether oxygens (including phenoxy) is 1. The number of benzene rings is 1. The second kappa shape index (κ2) is 6.12. The summed E-state index contributed by atoms with van der Waals surface area (Å²) in [4.78, 5) is 4.24. The van der Waals surface area contributed by atoms with Crippen LogP contribution in [0.1, 0.15) is 44.2 Å². The van der Waals surface area contributed by atoms with E-state index in [1.807, 2.05) is 19.4 Å². The van der Waals surface area contributed by atoms with E-state index < -0.39 is 0 Å². The Labute approximate surface area is 126 Å². The van der Waals surface area contributed by atoms with Crippen molar-refractivity contribution in [1.29, 1.82) is 0 Å². The van der Waals surface area contributed by atoms with Crippen molar-refractivity contribution in [2.24, 2.45) is 0 Å². The van der Waals surface area contributed by atoms with Gasteiger partial charge in [0.1, 0.15) is 0 Å². The molecule has 1 aliphatic rings. The maximum absolute atomic E-state index is 6.27. The summed E-state index contributed by atoms with van der Waals surface area (Å²) in [6, 6.07) is 8.82. The van der Waals surface area contributed by atoms with Gasteiger partial charge >= 0.3 is 0 Å². The van der Waals surface area contributed by atoms with E-state index >= 15 is 0 Å². The van der Waals surface area contributed by atoms with Gasteiger partial charge in [-0.05, 0) is 43.8 Å². The number of nitrogens with one attached hydrogen (secondary N) is 1. The molecule has 3 nitrogen and oxygen atoms in total. The molecule has 0 bridgehead atoms. The molecule has 3 rings (SSSR count). The maximum atomic E-state index is 6.27. The Morgan fingerprint density at radius 3 is 2.81 bits per heavy atom. The van der Waals surface area contributed by atoms with E-state index in [1.165, 1.54) is 29.2 Å². The number of likely N-dealkylation sites (N-methyl/N-ethyl adjacent to an activating group) is 1. The van der Waals surface area contributed by atoms with Crippen LogP contribution >= 0.6 is 0 Å². The number of pyridine rings is 1. The molecule has 2 aromatic rings. The molecule has 1 heterocycles. The molecule has 1 fully saturated rings. The largest absolute Gasteiger partial charge is 0.373 e. The Morgan fingerprint density at radius 1 is 1.29 bits per heavy atom. The maximum Gasteiger partial charge on any atom is 0.0876 e. The van der Waals surface area contributed by atoms with Gasteiger partial charge in [0.25, 0.3) is 0 Å². The first-order valence-corrected chi connectivity index (χ1v) is 7.94. The molecule has 21 heavy (non-hydrogen) atoms. The molecular formula is C18H24N2O. The molecule has 1 aromatic carbocycles. The van der Waals surface area contributed by atoms with Gasteiger partial charge in [0.2, 0.25) is 0 Å². The van der Waals surface area contributed by atoms with Crippen LogP contribution in [0, 0.1) is 0 Å². The van der Waals surface area contributed by atoms with Crippen molar-refractivity contribution in [3.63, 3.8) is 0 Å². The third-order valence-electron chi connectivity index (χ3n) is 4.72. The minimum Gasteiger partial charge on any atom is -0.373 e. The van der Waals surface area contributed by atoms with E-state index in [4.69, 9.17) is 4.74 Å². The topological polar surface area (TPSA) is 34.1 Å². The summed E-state index contributed by atoms with van der Waals surface area (Å²) in [5, 5.41) is 6.00. The molecule has 0 spiro atoms. The fourth-order valence-corrected chi connectivity index (χ4v) is 3.88. The summed E-state index contributed by atoms with van der Waals surface area (Å²) in [7, 11) is 2.05. The summed E-state index contributed by atoms with van der Waals surface area (Å²) >= 11 is 0. The van der Waals surface area contributed by atoms with Gasteiger partial charge in [-0.1, -0.05) is 31.0 Å². The van der Waals surface area contributed by atoms with Crippen molar-refractivity contribution in [2.75, 3.05) is 13.7 Å². The van der Waals surface area contributed by atoms with E-state index in [-0.39, 0.29) is 11.6 Å². The summed E-state index contributed by atoms with van der Waals surface area (Å²) in [6.45, 7) is 2.87. The van der Waals surface area contributed by atoms with Crippen LogP contribution in [-0.2, 0) is 4.74 Å². The molecule has 1 unspecified atom stereocenters. The zero-order valence-electron chi connectivity index (χ0n) is 12.9. The third-order valence-corrected chi connectivity index (χ3v) is 4.72. The smallest absolute Gasteiger partial charge is 0.0876 e. The van der Waals surface area contributed by atoms with Crippen molar-refractivity contribution < 1.29 is 4.74 Å². The average Bonchev–Trinajstić information content (AvgIpc) is 2.98. The number of rotatable bonds is 5. The highest BCUT2D eigenvalue weighted by atomic mass is 16.5. The summed E-state index contributed by atoms with van der Waals surface area (Å²) in [5.74, 6) is 0. The summed E-state index contributed by atoms with van der Waals surface area (Å²) in [5.41, 5.74) is 1.26. The average molecular weight is 284 g/mol. The van der Waals surface area contributed by atoms with Crippen LogP contribution < -0.4 is 5.32 Å². The molecule has 0 amide bonds. The van der Waals surface area contributed by atoms with Crippen LogP contribution in [0.2, 0.25) is 0 Å². The second-order valence-corrected chi connectivity index (χ2v) is 5.87. The Kier molecular flexibility index (Phi) is 4.22. The standard InChI is InChI=1S/C18H24N2O/c1-3-21-18(10-4-5-11-18)17(19-2)16-8-6-7-14-13-20-12-9-15(14)16/h6-9,12-13,17,19H,3-5,10-11H2,1-2H3. The van der Waals surface area contributed by atoms with Gasteiger partial charge < -0.3 is 10.1 Å². The number of fused-ring (bicyclic) bond motifs is 1. The fourth-order valence-electron chi connectivity index (χ4n) is 3.88. The van der Waals surface area contributed by atoms with E-state index in [0.717, 1.165) is 19.4 Å². The predicted octanol–water partition coefficient (Wildman–Crippen LogP) is 3.84. The first-order chi connectivity index (χ1) is 10.3. The molecule has 1 saturated carbocycles. The number of hydrogen-bond donors (Lipinski definition) is 1. The molecule has 112 valence electrons. The summed E-state index contributed by atoms with van der Waals surface area (Å²) < 4.78 is 6.27. The van der Waals surface area contributed by atoms with Crippen molar-refractivity contribution in [1.82, 2.24) is 10.3 Å². The van der Waals surface area contributed by atoms with Gasteiger partial charge in [-0.2, -0.15) is 0 Å². The molecular weight excluding hydrogens is 260 g/mol. The Morgan fingerprint density at radius 2 is 2.10 bits per heavy atom. The van der Waals surface area contributed by atoms with E-state index in [0.29, 0.717) is 0 Å². The van der Waals surface area contributed by atoms with Gasteiger partial charge in [0.15, 0.2) is 0 Å². The molecule has 1 N–H and O–H groups in total. The lowest BCUT2D eigenvalue weighted by atomic mass is 9.84. The number of hydrogen-bond acceptors (Lipinski definition) is 3. The van der Waals surface area contributed by atoms with Gasteiger partial charge in [-0.25, -0.2) is 0 Å². The first kappa shape index (κ1) is 14.5.